The fraction of sp³-hybridized carbons (Fsp3) is 1.00. The molecule has 14 heavy (non-hydrogen) atoms. The van der Waals surface area contributed by atoms with Crippen molar-refractivity contribution in [3.8, 4) is 0 Å². The maximum absolute atomic E-state index is 8.66. The highest BCUT2D eigenvalue weighted by Gasteiger charge is 2.24. The second-order valence-corrected chi connectivity index (χ2v) is 4.43. The highest BCUT2D eigenvalue weighted by Crippen LogP contribution is 2.26. The van der Waals surface area contributed by atoms with Crippen molar-refractivity contribution in [2.45, 2.75) is 64.0 Å². The average molecular weight is 223 g/mol. The Labute approximate surface area is 92.6 Å². The van der Waals surface area contributed by atoms with E-state index < -0.39 is 0 Å². The second-order valence-electron chi connectivity index (χ2n) is 3.95. The molecular weight excluding hydrogens is 200 g/mol. The minimum atomic E-state index is -0.265. The van der Waals surface area contributed by atoms with Crippen LogP contribution in [0.1, 0.15) is 52.9 Å². The van der Waals surface area contributed by atoms with Crippen molar-refractivity contribution in [1.82, 2.24) is 0 Å². The SMILES string of the molecule is CCCC(C)(CC)OC(Cl)CCCO. The molecule has 2 nitrogen and oxygen atoms in total. The Morgan fingerprint density at radius 2 is 2.07 bits per heavy atom. The third-order valence-electron chi connectivity index (χ3n) is 2.53. The summed E-state index contributed by atoms with van der Waals surface area (Å²) in [5.41, 5.74) is -0.366. The molecule has 0 aromatic carbocycles. The second kappa shape index (κ2) is 7.49. The standard InChI is InChI=1S/C11H23ClO2/c1-4-8-11(3,5-2)14-10(12)7-6-9-13/h10,13H,4-9H2,1-3H3. The van der Waals surface area contributed by atoms with Crippen LogP contribution in [-0.2, 0) is 4.74 Å². The van der Waals surface area contributed by atoms with E-state index in [0.29, 0.717) is 6.42 Å². The number of hydrogen-bond acceptors (Lipinski definition) is 2. The van der Waals surface area contributed by atoms with Gasteiger partial charge >= 0.3 is 0 Å². The average Bonchev–Trinajstić information content (AvgIpc) is 2.15. The molecule has 0 aromatic rings. The van der Waals surface area contributed by atoms with E-state index in [0.717, 1.165) is 25.7 Å². The van der Waals surface area contributed by atoms with E-state index in [1.807, 2.05) is 0 Å². The van der Waals surface area contributed by atoms with E-state index in [1.165, 1.54) is 0 Å². The van der Waals surface area contributed by atoms with Crippen LogP contribution >= 0.6 is 11.6 Å². The molecule has 3 heteroatoms. The maximum Gasteiger partial charge on any atom is 0.132 e. The van der Waals surface area contributed by atoms with Gasteiger partial charge in [-0.25, -0.2) is 0 Å². The van der Waals surface area contributed by atoms with Gasteiger partial charge in [0.2, 0.25) is 0 Å². The Morgan fingerprint density at radius 1 is 1.43 bits per heavy atom. The van der Waals surface area contributed by atoms with E-state index in [4.69, 9.17) is 21.4 Å². The first-order valence-electron chi connectivity index (χ1n) is 5.50. The van der Waals surface area contributed by atoms with Gasteiger partial charge in [-0.2, -0.15) is 0 Å². The highest BCUT2D eigenvalue weighted by atomic mass is 35.5. The van der Waals surface area contributed by atoms with Gasteiger partial charge in [0.1, 0.15) is 5.56 Å². The van der Waals surface area contributed by atoms with E-state index in [2.05, 4.69) is 20.8 Å². The summed E-state index contributed by atoms with van der Waals surface area (Å²) >= 11 is 6.03. The van der Waals surface area contributed by atoms with E-state index >= 15 is 0 Å². The molecule has 0 heterocycles. The van der Waals surface area contributed by atoms with Crippen molar-refractivity contribution < 1.29 is 9.84 Å². The number of rotatable bonds is 8. The zero-order valence-electron chi connectivity index (χ0n) is 9.55. The highest BCUT2D eigenvalue weighted by molar-refractivity contribution is 6.19. The van der Waals surface area contributed by atoms with Crippen LogP contribution in [0.5, 0.6) is 0 Å². The molecule has 0 bridgehead atoms. The molecule has 0 fully saturated rings. The third kappa shape index (κ3) is 5.84. The Bertz CT molecular complexity index is 141. The fourth-order valence-corrected chi connectivity index (χ4v) is 1.84. The van der Waals surface area contributed by atoms with Crippen LogP contribution in [0.15, 0.2) is 0 Å². The first kappa shape index (κ1) is 14.2. The zero-order valence-corrected chi connectivity index (χ0v) is 10.3. The first-order chi connectivity index (χ1) is 6.58. The molecule has 2 atom stereocenters. The first-order valence-corrected chi connectivity index (χ1v) is 5.94. The maximum atomic E-state index is 8.66. The topological polar surface area (TPSA) is 29.5 Å². The van der Waals surface area contributed by atoms with Gasteiger partial charge in [0.05, 0.1) is 5.60 Å². The molecule has 1 N–H and O–H groups in total. The lowest BCUT2D eigenvalue weighted by Gasteiger charge is -2.30. The molecule has 0 aliphatic carbocycles. The smallest absolute Gasteiger partial charge is 0.132 e. The minimum absolute atomic E-state index is 0.101. The predicted octanol–water partition coefficient (Wildman–Crippen LogP) is 3.31. The van der Waals surface area contributed by atoms with Crippen LogP contribution in [0.2, 0.25) is 0 Å². The fourth-order valence-electron chi connectivity index (χ4n) is 1.47. The van der Waals surface area contributed by atoms with Crippen molar-refractivity contribution in [1.29, 1.82) is 0 Å². The van der Waals surface area contributed by atoms with Crippen LogP contribution in [0.3, 0.4) is 0 Å². The number of aliphatic hydroxyl groups excluding tert-OH is 1. The molecular formula is C11H23ClO2. The van der Waals surface area contributed by atoms with Crippen molar-refractivity contribution >= 4 is 11.6 Å². The summed E-state index contributed by atoms with van der Waals surface area (Å²) in [7, 11) is 0. The summed E-state index contributed by atoms with van der Waals surface area (Å²) < 4.78 is 5.78. The van der Waals surface area contributed by atoms with Gasteiger partial charge in [0, 0.05) is 6.61 Å². The lowest BCUT2D eigenvalue weighted by Crippen LogP contribution is -2.31. The molecule has 0 rings (SSSR count). The van der Waals surface area contributed by atoms with Gasteiger partial charge in [0.25, 0.3) is 0 Å². The Hall–Kier alpha value is 0.210. The van der Waals surface area contributed by atoms with Crippen LogP contribution < -0.4 is 0 Å². The monoisotopic (exact) mass is 222 g/mol. The van der Waals surface area contributed by atoms with Crippen molar-refractivity contribution in [3.05, 3.63) is 0 Å². The molecule has 2 unspecified atom stereocenters. The van der Waals surface area contributed by atoms with Crippen LogP contribution in [0.4, 0.5) is 0 Å². The molecule has 0 aliphatic heterocycles. The summed E-state index contributed by atoms with van der Waals surface area (Å²) in [6.45, 7) is 6.55. The molecule has 0 aliphatic rings. The van der Waals surface area contributed by atoms with Gasteiger partial charge in [-0.3, -0.25) is 0 Å². The summed E-state index contributed by atoms with van der Waals surface area (Å²) in [5.74, 6) is 0. The minimum Gasteiger partial charge on any atom is -0.396 e. The zero-order chi connectivity index (χ0) is 11.0. The van der Waals surface area contributed by atoms with Crippen LogP contribution in [-0.4, -0.2) is 22.9 Å². The molecule has 0 aromatic heterocycles. The van der Waals surface area contributed by atoms with Gasteiger partial charge < -0.3 is 9.84 Å². The van der Waals surface area contributed by atoms with Gasteiger partial charge in [-0.05, 0) is 32.6 Å². The molecule has 0 radical (unpaired) electrons. The van der Waals surface area contributed by atoms with Gasteiger partial charge in [-0.1, -0.05) is 31.9 Å². The van der Waals surface area contributed by atoms with Crippen molar-refractivity contribution in [2.24, 2.45) is 0 Å². The summed E-state index contributed by atoms with van der Waals surface area (Å²) in [6.07, 6.45) is 4.54. The van der Waals surface area contributed by atoms with E-state index in [9.17, 15) is 0 Å². The van der Waals surface area contributed by atoms with Crippen LogP contribution in [0, 0.1) is 0 Å². The number of hydrogen-bond donors (Lipinski definition) is 1. The number of aliphatic hydroxyl groups is 1. The predicted molar refractivity (Wildman–Crippen MR) is 60.6 cm³/mol. The molecule has 86 valence electrons. The normalized spacial score (nSPS) is 17.8. The largest absolute Gasteiger partial charge is 0.396 e. The van der Waals surface area contributed by atoms with Crippen LogP contribution in [0.25, 0.3) is 0 Å². The molecule has 0 amide bonds. The summed E-state index contributed by atoms with van der Waals surface area (Å²) in [6, 6.07) is 0. The van der Waals surface area contributed by atoms with Crippen molar-refractivity contribution in [2.75, 3.05) is 6.61 Å². The lowest BCUT2D eigenvalue weighted by atomic mass is 9.97. The van der Waals surface area contributed by atoms with Gasteiger partial charge in [-0.15, -0.1) is 0 Å². The van der Waals surface area contributed by atoms with E-state index in [-0.39, 0.29) is 17.8 Å². The molecule has 0 saturated carbocycles. The number of ether oxygens (including phenoxy) is 1. The Kier molecular flexibility index (Phi) is 7.61. The molecule has 0 spiro atoms. The Morgan fingerprint density at radius 3 is 2.50 bits per heavy atom. The summed E-state index contributed by atoms with van der Waals surface area (Å²) in [4.78, 5) is 0. The third-order valence-corrected chi connectivity index (χ3v) is 2.84. The number of alkyl halides is 1. The summed E-state index contributed by atoms with van der Waals surface area (Å²) in [5, 5.41) is 8.66. The van der Waals surface area contributed by atoms with Gasteiger partial charge in [0.15, 0.2) is 0 Å². The van der Waals surface area contributed by atoms with Crippen molar-refractivity contribution in [3.63, 3.8) is 0 Å². The van der Waals surface area contributed by atoms with E-state index in [1.54, 1.807) is 0 Å². The number of halogens is 1. The quantitative estimate of drug-likeness (QED) is 0.639. The lowest BCUT2D eigenvalue weighted by molar-refractivity contribution is -0.0616. The Balaban J connectivity index is 3.89. The molecule has 0 saturated heterocycles.